The molecule has 1 fully saturated rings. The molecular weight excluding hydrogens is 316 g/mol. The number of rotatable bonds is 6. The van der Waals surface area contributed by atoms with E-state index in [0.29, 0.717) is 5.92 Å². The molecule has 1 atom stereocenters. The molecule has 112 valence electrons. The molecule has 2 heterocycles. The van der Waals surface area contributed by atoms with E-state index in [9.17, 15) is 0 Å². The van der Waals surface area contributed by atoms with Gasteiger partial charge in [0.25, 0.3) is 0 Å². The number of hydrogen-bond donors (Lipinski definition) is 1. The van der Waals surface area contributed by atoms with Crippen LogP contribution in [0.1, 0.15) is 32.4 Å². The average molecular weight is 341 g/mol. The number of nitrogens with zero attached hydrogens (tertiary/aromatic N) is 1. The number of aromatic nitrogens is 1. The van der Waals surface area contributed by atoms with Gasteiger partial charge in [0.15, 0.2) is 0 Å². The Labute approximate surface area is 130 Å². The summed E-state index contributed by atoms with van der Waals surface area (Å²) in [5.74, 6) is 0.683. The van der Waals surface area contributed by atoms with Crippen molar-refractivity contribution < 1.29 is 4.74 Å². The molecule has 1 aromatic heterocycles. The molecule has 1 aromatic rings. The number of nitrogens with one attached hydrogen (secondary N) is 1. The molecular formula is C16H25BrN2O. The Balaban J connectivity index is 2.00. The first-order valence-corrected chi connectivity index (χ1v) is 8.28. The number of halogens is 1. The van der Waals surface area contributed by atoms with E-state index < -0.39 is 0 Å². The van der Waals surface area contributed by atoms with Gasteiger partial charge in [0, 0.05) is 34.9 Å². The minimum absolute atomic E-state index is 0.202. The average Bonchev–Trinajstić information content (AvgIpc) is 2.42. The smallest absolute Gasteiger partial charge is 0.0538 e. The van der Waals surface area contributed by atoms with E-state index in [4.69, 9.17) is 4.74 Å². The first-order valence-electron chi connectivity index (χ1n) is 7.49. The van der Waals surface area contributed by atoms with Crippen molar-refractivity contribution in [3.8, 4) is 0 Å². The highest BCUT2D eigenvalue weighted by Crippen LogP contribution is 2.31. The second kappa shape index (κ2) is 7.53. The van der Waals surface area contributed by atoms with Crippen LogP contribution < -0.4 is 5.32 Å². The highest BCUT2D eigenvalue weighted by molar-refractivity contribution is 9.10. The van der Waals surface area contributed by atoms with Crippen molar-refractivity contribution in [3.63, 3.8) is 0 Å². The summed E-state index contributed by atoms with van der Waals surface area (Å²) < 4.78 is 6.80. The highest BCUT2D eigenvalue weighted by Gasteiger charge is 2.33. The second-order valence-electron chi connectivity index (χ2n) is 6.33. The van der Waals surface area contributed by atoms with Crippen LogP contribution >= 0.6 is 15.9 Å². The minimum Gasteiger partial charge on any atom is -0.381 e. The van der Waals surface area contributed by atoms with Crippen LogP contribution in [-0.4, -0.2) is 31.3 Å². The first-order chi connectivity index (χ1) is 9.60. The fraction of sp³-hybridized carbons (Fsp3) is 0.688. The molecule has 0 aromatic carbocycles. The number of hydrogen-bond acceptors (Lipinski definition) is 3. The van der Waals surface area contributed by atoms with Crippen LogP contribution in [0.5, 0.6) is 0 Å². The van der Waals surface area contributed by atoms with Crippen LogP contribution in [0.25, 0.3) is 0 Å². The lowest BCUT2D eigenvalue weighted by Gasteiger charge is -2.37. The lowest BCUT2D eigenvalue weighted by Crippen LogP contribution is -2.43. The van der Waals surface area contributed by atoms with Crippen molar-refractivity contribution in [2.45, 2.75) is 33.1 Å². The molecule has 0 amide bonds. The summed E-state index contributed by atoms with van der Waals surface area (Å²) in [5.41, 5.74) is 1.36. The van der Waals surface area contributed by atoms with Crippen LogP contribution in [0.2, 0.25) is 0 Å². The molecule has 1 aliphatic heterocycles. The number of ether oxygens (including phenoxy) is 1. The van der Waals surface area contributed by atoms with Gasteiger partial charge in [-0.3, -0.25) is 4.98 Å². The Kier molecular flexibility index (Phi) is 6.00. The van der Waals surface area contributed by atoms with Crippen molar-refractivity contribution in [2.24, 2.45) is 11.3 Å². The SMILES string of the molecule is CC(C)CNCC1(Cc2ccc(Br)cn2)CCCOC1. The molecule has 0 bridgehead atoms. The number of pyridine rings is 1. The van der Waals surface area contributed by atoms with E-state index in [2.05, 4.69) is 52.2 Å². The summed E-state index contributed by atoms with van der Waals surface area (Å²) in [7, 11) is 0. The van der Waals surface area contributed by atoms with Gasteiger partial charge in [-0.2, -0.15) is 0 Å². The highest BCUT2D eigenvalue weighted by atomic mass is 79.9. The van der Waals surface area contributed by atoms with Gasteiger partial charge >= 0.3 is 0 Å². The van der Waals surface area contributed by atoms with Gasteiger partial charge in [-0.15, -0.1) is 0 Å². The van der Waals surface area contributed by atoms with E-state index >= 15 is 0 Å². The summed E-state index contributed by atoms with van der Waals surface area (Å²) in [6.07, 6.45) is 5.25. The zero-order valence-electron chi connectivity index (χ0n) is 12.5. The lowest BCUT2D eigenvalue weighted by molar-refractivity contribution is -0.00787. The summed E-state index contributed by atoms with van der Waals surface area (Å²) in [6.45, 7) is 8.31. The quantitative estimate of drug-likeness (QED) is 0.861. The largest absolute Gasteiger partial charge is 0.381 e. The topological polar surface area (TPSA) is 34.2 Å². The van der Waals surface area contributed by atoms with Gasteiger partial charge in [-0.05, 0) is 59.8 Å². The van der Waals surface area contributed by atoms with Crippen LogP contribution in [-0.2, 0) is 11.2 Å². The lowest BCUT2D eigenvalue weighted by atomic mass is 9.78. The molecule has 20 heavy (non-hydrogen) atoms. The van der Waals surface area contributed by atoms with Crippen LogP contribution in [0.4, 0.5) is 0 Å². The summed E-state index contributed by atoms with van der Waals surface area (Å²) in [6, 6.07) is 4.18. The van der Waals surface area contributed by atoms with Gasteiger partial charge in [0.1, 0.15) is 0 Å². The Morgan fingerprint density at radius 3 is 2.90 bits per heavy atom. The Morgan fingerprint density at radius 2 is 2.30 bits per heavy atom. The van der Waals surface area contributed by atoms with E-state index in [1.54, 1.807) is 0 Å². The Bertz CT molecular complexity index is 399. The fourth-order valence-electron chi connectivity index (χ4n) is 2.77. The van der Waals surface area contributed by atoms with Gasteiger partial charge in [-0.25, -0.2) is 0 Å². The van der Waals surface area contributed by atoms with Gasteiger partial charge in [0.2, 0.25) is 0 Å². The van der Waals surface area contributed by atoms with Crippen molar-refractivity contribution >= 4 is 15.9 Å². The summed E-state index contributed by atoms with van der Waals surface area (Å²) >= 11 is 3.44. The summed E-state index contributed by atoms with van der Waals surface area (Å²) in [4.78, 5) is 4.53. The molecule has 0 radical (unpaired) electrons. The zero-order valence-corrected chi connectivity index (χ0v) is 14.1. The van der Waals surface area contributed by atoms with Crippen LogP contribution in [0.15, 0.2) is 22.8 Å². The monoisotopic (exact) mass is 340 g/mol. The van der Waals surface area contributed by atoms with Gasteiger partial charge in [-0.1, -0.05) is 13.8 Å². The predicted octanol–water partition coefficient (Wildman–Crippen LogP) is 3.43. The van der Waals surface area contributed by atoms with Gasteiger partial charge < -0.3 is 10.1 Å². The molecule has 3 nitrogen and oxygen atoms in total. The van der Waals surface area contributed by atoms with Crippen LogP contribution in [0, 0.1) is 11.3 Å². The Morgan fingerprint density at radius 1 is 1.45 bits per heavy atom. The molecule has 0 aliphatic carbocycles. The van der Waals surface area contributed by atoms with E-state index in [-0.39, 0.29) is 5.41 Å². The molecule has 4 heteroatoms. The maximum Gasteiger partial charge on any atom is 0.0538 e. The molecule has 1 saturated heterocycles. The third-order valence-electron chi connectivity index (χ3n) is 3.80. The predicted molar refractivity (Wildman–Crippen MR) is 85.8 cm³/mol. The van der Waals surface area contributed by atoms with E-state index in [1.807, 2.05) is 6.20 Å². The standard InChI is InChI=1S/C16H25BrN2O/c1-13(2)9-18-11-16(6-3-7-20-12-16)8-15-5-4-14(17)10-19-15/h4-5,10,13,18H,3,6-9,11-12H2,1-2H3. The molecule has 2 rings (SSSR count). The molecule has 1 N–H and O–H groups in total. The summed E-state index contributed by atoms with van der Waals surface area (Å²) in [5, 5.41) is 3.61. The normalized spacial score (nSPS) is 23.2. The van der Waals surface area contributed by atoms with Crippen molar-refractivity contribution in [2.75, 3.05) is 26.3 Å². The van der Waals surface area contributed by atoms with Crippen LogP contribution in [0.3, 0.4) is 0 Å². The Hall–Kier alpha value is -0.450. The third kappa shape index (κ3) is 4.83. The molecule has 1 aliphatic rings. The molecule has 0 spiro atoms. The first kappa shape index (κ1) is 15.9. The molecule has 0 saturated carbocycles. The molecule has 1 unspecified atom stereocenters. The van der Waals surface area contributed by atoms with Crippen molar-refractivity contribution in [1.29, 1.82) is 0 Å². The van der Waals surface area contributed by atoms with Crippen molar-refractivity contribution in [1.82, 2.24) is 10.3 Å². The minimum atomic E-state index is 0.202. The van der Waals surface area contributed by atoms with E-state index in [1.165, 1.54) is 6.42 Å². The third-order valence-corrected chi connectivity index (χ3v) is 4.27. The maximum absolute atomic E-state index is 5.76. The maximum atomic E-state index is 5.76. The zero-order chi connectivity index (χ0) is 14.4. The van der Waals surface area contributed by atoms with Gasteiger partial charge in [0.05, 0.1) is 6.61 Å². The fourth-order valence-corrected chi connectivity index (χ4v) is 3.01. The van der Waals surface area contributed by atoms with E-state index in [0.717, 1.165) is 49.3 Å². The second-order valence-corrected chi connectivity index (χ2v) is 7.24. The van der Waals surface area contributed by atoms with Crippen molar-refractivity contribution in [3.05, 3.63) is 28.5 Å².